The molecule has 0 amide bonds. The molecular weight excluding hydrogens is 309 g/mol. The smallest absolute Gasteiger partial charge is 0.392 e. The first-order chi connectivity index (χ1) is 9.68. The Bertz CT molecular complexity index is 505. The lowest BCUT2D eigenvalue weighted by Gasteiger charge is -2.21. The van der Waals surface area contributed by atoms with Crippen LogP contribution in [0.1, 0.15) is 17.7 Å². The largest absolute Gasteiger partial charge is 0.435 e. The third kappa shape index (κ3) is 3.88. The van der Waals surface area contributed by atoms with Crippen LogP contribution in [0.15, 0.2) is 0 Å². The number of aliphatic hydroxyl groups excluding tert-OH is 1. The predicted molar refractivity (Wildman–Crippen MR) is 72.0 cm³/mol. The zero-order valence-corrected chi connectivity index (χ0v) is 12.5. The van der Waals surface area contributed by atoms with Crippen molar-refractivity contribution in [2.45, 2.75) is 31.3 Å². The van der Waals surface area contributed by atoms with Gasteiger partial charge < -0.3 is 15.3 Å². The Morgan fingerprint density at radius 3 is 2.71 bits per heavy atom. The number of rotatable bonds is 4. The SMILES string of the molecule is CN(Cc1c(C(F)(F)F)nn(C)c1Cl)C[C@@H]1C[C@@H](O)CN1. The summed E-state index contributed by atoms with van der Waals surface area (Å²) in [5.74, 6) is 0. The zero-order valence-electron chi connectivity index (χ0n) is 11.8. The number of nitrogens with one attached hydrogen (secondary N) is 1. The number of nitrogens with zero attached hydrogens (tertiary/aromatic N) is 3. The summed E-state index contributed by atoms with van der Waals surface area (Å²) < 4.78 is 39.9. The molecule has 1 aliphatic rings. The van der Waals surface area contributed by atoms with Crippen molar-refractivity contribution in [3.8, 4) is 0 Å². The van der Waals surface area contributed by atoms with Gasteiger partial charge in [0.15, 0.2) is 5.69 Å². The lowest BCUT2D eigenvalue weighted by Crippen LogP contribution is -2.35. The molecule has 2 heterocycles. The van der Waals surface area contributed by atoms with E-state index in [0.29, 0.717) is 19.5 Å². The average molecular weight is 327 g/mol. The molecule has 1 aromatic heterocycles. The van der Waals surface area contributed by atoms with Crippen molar-refractivity contribution in [1.82, 2.24) is 20.0 Å². The lowest BCUT2D eigenvalue weighted by molar-refractivity contribution is -0.142. The highest BCUT2D eigenvalue weighted by Gasteiger charge is 2.39. The van der Waals surface area contributed by atoms with Gasteiger partial charge in [0, 0.05) is 38.3 Å². The number of likely N-dealkylation sites (N-methyl/N-ethyl adjacent to an activating group) is 1. The molecule has 0 unspecified atom stereocenters. The molecule has 9 heteroatoms. The Morgan fingerprint density at radius 2 is 2.19 bits per heavy atom. The number of aryl methyl sites for hydroxylation is 1. The van der Waals surface area contributed by atoms with Gasteiger partial charge in [-0.25, -0.2) is 0 Å². The molecule has 5 nitrogen and oxygen atoms in total. The van der Waals surface area contributed by atoms with Gasteiger partial charge in [0.1, 0.15) is 5.15 Å². The van der Waals surface area contributed by atoms with Crippen molar-refractivity contribution in [3.05, 3.63) is 16.4 Å². The van der Waals surface area contributed by atoms with Crippen LogP contribution in [0.2, 0.25) is 5.15 Å². The van der Waals surface area contributed by atoms with E-state index in [0.717, 1.165) is 4.68 Å². The van der Waals surface area contributed by atoms with E-state index in [-0.39, 0.29) is 23.3 Å². The molecular formula is C12H18ClF3N4O. The maximum Gasteiger partial charge on any atom is 0.435 e. The van der Waals surface area contributed by atoms with Crippen LogP contribution in [0.3, 0.4) is 0 Å². The van der Waals surface area contributed by atoms with Gasteiger partial charge >= 0.3 is 6.18 Å². The molecule has 21 heavy (non-hydrogen) atoms. The van der Waals surface area contributed by atoms with Crippen molar-refractivity contribution in [2.75, 3.05) is 20.1 Å². The Morgan fingerprint density at radius 1 is 1.52 bits per heavy atom. The molecule has 0 saturated carbocycles. The van der Waals surface area contributed by atoms with Gasteiger partial charge in [-0.15, -0.1) is 0 Å². The summed E-state index contributed by atoms with van der Waals surface area (Å²) in [6.07, 6.45) is -4.32. The summed E-state index contributed by atoms with van der Waals surface area (Å²) in [4.78, 5) is 1.74. The predicted octanol–water partition coefficient (Wildman–Crippen LogP) is 1.25. The Hall–Kier alpha value is -0.830. The second-order valence-electron chi connectivity index (χ2n) is 5.43. The molecule has 2 atom stereocenters. The minimum Gasteiger partial charge on any atom is -0.392 e. The normalized spacial score (nSPS) is 23.2. The van der Waals surface area contributed by atoms with Crippen LogP contribution >= 0.6 is 11.6 Å². The van der Waals surface area contributed by atoms with Crippen LogP contribution in [0.5, 0.6) is 0 Å². The number of aliphatic hydroxyl groups is 1. The monoisotopic (exact) mass is 326 g/mol. The van der Waals surface area contributed by atoms with Gasteiger partial charge in [-0.3, -0.25) is 4.68 Å². The van der Waals surface area contributed by atoms with Gasteiger partial charge in [0.2, 0.25) is 0 Å². The molecule has 2 rings (SSSR count). The average Bonchev–Trinajstić information content (AvgIpc) is 2.87. The number of aromatic nitrogens is 2. The van der Waals surface area contributed by atoms with Crippen molar-refractivity contribution in [3.63, 3.8) is 0 Å². The first-order valence-corrected chi connectivity index (χ1v) is 6.94. The number of β-amino-alcohol motifs (C(OH)–C–C–N with tert-alkyl or cyclic N) is 1. The molecule has 0 spiro atoms. The molecule has 1 fully saturated rings. The summed E-state index contributed by atoms with van der Waals surface area (Å²) in [6.45, 7) is 1.09. The molecule has 1 aromatic rings. The first-order valence-electron chi connectivity index (χ1n) is 6.57. The van der Waals surface area contributed by atoms with E-state index in [1.54, 1.807) is 11.9 Å². The van der Waals surface area contributed by atoms with Gasteiger partial charge in [0.05, 0.1) is 6.10 Å². The maximum absolute atomic E-state index is 12.9. The molecule has 1 saturated heterocycles. The van der Waals surface area contributed by atoms with Gasteiger partial charge in [-0.1, -0.05) is 11.6 Å². The molecule has 0 radical (unpaired) electrons. The van der Waals surface area contributed by atoms with E-state index >= 15 is 0 Å². The topological polar surface area (TPSA) is 53.3 Å². The van der Waals surface area contributed by atoms with Crippen molar-refractivity contribution in [2.24, 2.45) is 7.05 Å². The summed E-state index contributed by atoms with van der Waals surface area (Å²) in [6, 6.07) is 0.0646. The summed E-state index contributed by atoms with van der Waals surface area (Å²) in [7, 11) is 3.10. The van der Waals surface area contributed by atoms with Gasteiger partial charge in [0.25, 0.3) is 0 Å². The van der Waals surface area contributed by atoms with Crippen LogP contribution in [-0.2, 0) is 19.8 Å². The van der Waals surface area contributed by atoms with Crippen LogP contribution in [-0.4, -0.2) is 52.1 Å². The lowest BCUT2D eigenvalue weighted by atomic mass is 10.1. The summed E-state index contributed by atoms with van der Waals surface area (Å²) in [5.41, 5.74) is -0.964. The van der Waals surface area contributed by atoms with Crippen LogP contribution in [0.25, 0.3) is 0 Å². The fourth-order valence-electron chi connectivity index (χ4n) is 2.56. The Balaban J connectivity index is 2.08. The summed E-state index contributed by atoms with van der Waals surface area (Å²) in [5, 5.41) is 16.0. The highest BCUT2D eigenvalue weighted by atomic mass is 35.5. The number of alkyl halides is 3. The van der Waals surface area contributed by atoms with Crippen molar-refractivity contribution >= 4 is 11.6 Å². The molecule has 120 valence electrons. The van der Waals surface area contributed by atoms with Crippen molar-refractivity contribution < 1.29 is 18.3 Å². The van der Waals surface area contributed by atoms with E-state index in [4.69, 9.17) is 11.6 Å². The number of hydrogen-bond donors (Lipinski definition) is 2. The third-order valence-electron chi connectivity index (χ3n) is 3.50. The van der Waals surface area contributed by atoms with Crippen LogP contribution < -0.4 is 5.32 Å². The second-order valence-corrected chi connectivity index (χ2v) is 5.79. The van der Waals surface area contributed by atoms with E-state index in [9.17, 15) is 18.3 Å². The number of halogens is 4. The molecule has 0 aromatic carbocycles. The minimum absolute atomic E-state index is 0.00593. The van der Waals surface area contributed by atoms with E-state index in [1.165, 1.54) is 7.05 Å². The van der Waals surface area contributed by atoms with Gasteiger partial charge in [-0.05, 0) is 13.5 Å². The van der Waals surface area contributed by atoms with E-state index in [2.05, 4.69) is 10.4 Å². The Kier molecular flexibility index (Phi) is 4.82. The fourth-order valence-corrected chi connectivity index (χ4v) is 2.75. The van der Waals surface area contributed by atoms with Crippen LogP contribution in [0, 0.1) is 0 Å². The highest BCUT2D eigenvalue weighted by Crippen LogP contribution is 2.34. The first kappa shape index (κ1) is 16.5. The quantitative estimate of drug-likeness (QED) is 0.874. The molecule has 2 N–H and O–H groups in total. The second kappa shape index (κ2) is 6.12. The Labute approximate surface area is 125 Å². The molecule has 1 aliphatic heterocycles. The fraction of sp³-hybridized carbons (Fsp3) is 0.750. The minimum atomic E-state index is -4.52. The van der Waals surface area contributed by atoms with E-state index in [1.807, 2.05) is 0 Å². The molecule has 0 aliphatic carbocycles. The molecule has 0 bridgehead atoms. The third-order valence-corrected chi connectivity index (χ3v) is 3.97. The summed E-state index contributed by atoms with van der Waals surface area (Å²) >= 11 is 5.92. The maximum atomic E-state index is 12.9. The van der Waals surface area contributed by atoms with Crippen LogP contribution in [0.4, 0.5) is 13.2 Å². The standard InChI is InChI=1S/C12H18ClF3N4O/c1-19(5-7-3-8(21)4-17-7)6-9-10(12(14,15)16)18-20(2)11(9)13/h7-8,17,21H,3-6H2,1-2H3/t7-,8+/m0/s1. The van der Waals surface area contributed by atoms with E-state index < -0.39 is 18.0 Å². The number of hydrogen-bond acceptors (Lipinski definition) is 4. The zero-order chi connectivity index (χ0) is 15.8. The van der Waals surface area contributed by atoms with Crippen molar-refractivity contribution in [1.29, 1.82) is 0 Å². The van der Waals surface area contributed by atoms with Gasteiger partial charge in [-0.2, -0.15) is 18.3 Å². The highest BCUT2D eigenvalue weighted by molar-refractivity contribution is 6.30.